The van der Waals surface area contributed by atoms with Crippen LogP contribution in [0.2, 0.25) is 0 Å². The summed E-state index contributed by atoms with van der Waals surface area (Å²) in [6, 6.07) is 7.01. The Morgan fingerprint density at radius 1 is 1.14 bits per heavy atom. The molecule has 1 rings (SSSR count). The minimum atomic E-state index is -0.875. The van der Waals surface area contributed by atoms with Crippen LogP contribution < -0.4 is 0 Å². The molecular formula is C11H14CdO2. The van der Waals surface area contributed by atoms with Crippen LogP contribution in [-0.2, 0) is 32.7 Å². The summed E-state index contributed by atoms with van der Waals surface area (Å²) in [6.45, 7) is 6.30. The quantitative estimate of drug-likeness (QED) is 0.808. The standard InChI is InChI=1S/C11H14O2.Cd/c1-11(2,3)9-6-4-8(5-7-9)10(12)13;/h4-7H,1-3H3,(H,12,13);. The molecule has 1 N–H and O–H groups in total. The van der Waals surface area contributed by atoms with Crippen molar-refractivity contribution in [1.29, 1.82) is 0 Å². The predicted molar refractivity (Wildman–Crippen MR) is 52.1 cm³/mol. The largest absolute Gasteiger partial charge is 0.478 e. The van der Waals surface area contributed by atoms with Crippen LogP contribution in [0.3, 0.4) is 0 Å². The van der Waals surface area contributed by atoms with Gasteiger partial charge in [0, 0.05) is 27.3 Å². The van der Waals surface area contributed by atoms with E-state index < -0.39 is 5.97 Å². The van der Waals surface area contributed by atoms with E-state index in [4.69, 9.17) is 5.11 Å². The number of hydrogen-bond donors (Lipinski definition) is 1. The predicted octanol–water partition coefficient (Wildman–Crippen LogP) is 2.68. The van der Waals surface area contributed by atoms with Gasteiger partial charge < -0.3 is 5.11 Å². The number of carbonyl (C=O) groups is 1. The topological polar surface area (TPSA) is 37.3 Å². The normalized spacial score (nSPS) is 10.5. The SMILES string of the molecule is CC(C)(C)c1ccc(C(=O)O)cc1.[Cd]. The molecule has 0 unspecified atom stereocenters. The third kappa shape index (κ3) is 3.40. The molecule has 72 valence electrons. The van der Waals surface area contributed by atoms with Crippen molar-refractivity contribution in [1.82, 2.24) is 0 Å². The minimum absolute atomic E-state index is 0. The molecule has 0 bridgehead atoms. The van der Waals surface area contributed by atoms with E-state index in [0.29, 0.717) is 5.56 Å². The molecule has 0 saturated carbocycles. The molecule has 14 heavy (non-hydrogen) atoms. The fourth-order valence-corrected chi connectivity index (χ4v) is 1.11. The molecule has 2 nitrogen and oxygen atoms in total. The van der Waals surface area contributed by atoms with E-state index in [-0.39, 0.29) is 32.7 Å². The fraction of sp³-hybridized carbons (Fsp3) is 0.364. The summed E-state index contributed by atoms with van der Waals surface area (Å²) in [5.41, 5.74) is 1.57. The number of carboxylic acids is 1. The van der Waals surface area contributed by atoms with Gasteiger partial charge in [0.1, 0.15) is 0 Å². The third-order valence-corrected chi connectivity index (χ3v) is 2.00. The van der Waals surface area contributed by atoms with Crippen molar-refractivity contribution in [2.24, 2.45) is 0 Å². The van der Waals surface area contributed by atoms with Crippen molar-refractivity contribution >= 4 is 5.97 Å². The second-order valence-corrected chi connectivity index (χ2v) is 4.13. The maximum absolute atomic E-state index is 10.6. The van der Waals surface area contributed by atoms with Gasteiger partial charge in [0.2, 0.25) is 0 Å². The number of hydrogen-bond acceptors (Lipinski definition) is 1. The zero-order chi connectivity index (χ0) is 10.1. The van der Waals surface area contributed by atoms with Crippen LogP contribution in [0.1, 0.15) is 36.7 Å². The molecule has 0 aliphatic carbocycles. The number of rotatable bonds is 1. The van der Waals surface area contributed by atoms with E-state index in [1.54, 1.807) is 12.1 Å². The first-order valence-corrected chi connectivity index (χ1v) is 4.25. The van der Waals surface area contributed by atoms with Crippen molar-refractivity contribution in [3.05, 3.63) is 35.4 Å². The number of carboxylic acid groups (broad SMARTS) is 1. The van der Waals surface area contributed by atoms with E-state index in [1.165, 1.54) is 0 Å². The van der Waals surface area contributed by atoms with Crippen LogP contribution in [0.25, 0.3) is 0 Å². The monoisotopic (exact) mass is 292 g/mol. The van der Waals surface area contributed by atoms with Crippen LogP contribution in [0.4, 0.5) is 0 Å². The van der Waals surface area contributed by atoms with Gasteiger partial charge in [-0.15, -0.1) is 0 Å². The smallest absolute Gasteiger partial charge is 0.335 e. The Hall–Kier alpha value is -0.388. The molecule has 1 aromatic rings. The molecule has 0 atom stereocenters. The van der Waals surface area contributed by atoms with E-state index in [0.717, 1.165) is 5.56 Å². The minimum Gasteiger partial charge on any atom is -0.478 e. The summed E-state index contributed by atoms with van der Waals surface area (Å²) in [6.07, 6.45) is 0. The zero-order valence-electron chi connectivity index (χ0n) is 8.87. The Morgan fingerprint density at radius 2 is 1.57 bits per heavy atom. The van der Waals surface area contributed by atoms with E-state index >= 15 is 0 Å². The van der Waals surface area contributed by atoms with Gasteiger partial charge in [-0.25, -0.2) is 4.79 Å². The second kappa shape index (κ2) is 4.91. The van der Waals surface area contributed by atoms with Crippen molar-refractivity contribution < 1.29 is 37.2 Å². The number of benzene rings is 1. The van der Waals surface area contributed by atoms with Gasteiger partial charge in [-0.3, -0.25) is 0 Å². The summed E-state index contributed by atoms with van der Waals surface area (Å²) >= 11 is 0. The van der Waals surface area contributed by atoms with Gasteiger partial charge in [-0.1, -0.05) is 32.9 Å². The Balaban J connectivity index is 0.00000169. The number of aromatic carboxylic acids is 1. The molecule has 3 heteroatoms. The van der Waals surface area contributed by atoms with E-state index in [2.05, 4.69) is 20.8 Å². The van der Waals surface area contributed by atoms with Crippen LogP contribution in [0.5, 0.6) is 0 Å². The average Bonchev–Trinajstić information content (AvgIpc) is 2.03. The molecule has 0 heterocycles. The second-order valence-electron chi connectivity index (χ2n) is 4.13. The van der Waals surface area contributed by atoms with Crippen molar-refractivity contribution in [3.63, 3.8) is 0 Å². The van der Waals surface area contributed by atoms with Gasteiger partial charge in [-0.2, -0.15) is 0 Å². The summed E-state index contributed by atoms with van der Waals surface area (Å²) < 4.78 is 0. The molecule has 0 fully saturated rings. The molecule has 0 amide bonds. The molecule has 0 aliphatic heterocycles. The van der Waals surface area contributed by atoms with Gasteiger partial charge in [0.05, 0.1) is 5.56 Å². The van der Waals surface area contributed by atoms with E-state index in [1.807, 2.05) is 12.1 Å². The Labute approximate surface area is 104 Å². The summed E-state index contributed by atoms with van der Waals surface area (Å²) in [7, 11) is 0. The van der Waals surface area contributed by atoms with Crippen LogP contribution in [-0.4, -0.2) is 11.1 Å². The van der Waals surface area contributed by atoms with Gasteiger partial charge in [0.15, 0.2) is 0 Å². The first-order valence-electron chi connectivity index (χ1n) is 4.25. The zero-order valence-corrected chi connectivity index (χ0v) is 12.9. The van der Waals surface area contributed by atoms with Crippen LogP contribution >= 0.6 is 0 Å². The van der Waals surface area contributed by atoms with Gasteiger partial charge >= 0.3 is 5.97 Å². The molecule has 0 radical (unpaired) electrons. The summed E-state index contributed by atoms with van der Waals surface area (Å²) in [5.74, 6) is -0.875. The summed E-state index contributed by atoms with van der Waals surface area (Å²) in [5, 5.41) is 8.68. The maximum Gasteiger partial charge on any atom is 0.335 e. The Bertz CT molecular complexity index is 309. The Morgan fingerprint density at radius 3 is 1.86 bits per heavy atom. The molecule has 0 saturated heterocycles. The van der Waals surface area contributed by atoms with Crippen LogP contribution in [0.15, 0.2) is 24.3 Å². The fourth-order valence-electron chi connectivity index (χ4n) is 1.11. The van der Waals surface area contributed by atoms with Crippen molar-refractivity contribution in [3.8, 4) is 0 Å². The molecule has 0 spiro atoms. The first kappa shape index (κ1) is 13.6. The van der Waals surface area contributed by atoms with Crippen molar-refractivity contribution in [2.45, 2.75) is 26.2 Å². The first-order chi connectivity index (χ1) is 5.91. The maximum atomic E-state index is 10.6. The third-order valence-electron chi connectivity index (χ3n) is 2.00. The molecule has 1 aromatic carbocycles. The average molecular weight is 291 g/mol. The van der Waals surface area contributed by atoms with E-state index in [9.17, 15) is 4.79 Å². The van der Waals surface area contributed by atoms with Gasteiger partial charge in [-0.05, 0) is 23.1 Å². The molecular weight excluding hydrogens is 277 g/mol. The Kier molecular flexibility index (Phi) is 4.77. The van der Waals surface area contributed by atoms with Gasteiger partial charge in [0.25, 0.3) is 0 Å². The summed E-state index contributed by atoms with van der Waals surface area (Å²) in [4.78, 5) is 10.6. The van der Waals surface area contributed by atoms with Crippen molar-refractivity contribution in [2.75, 3.05) is 0 Å². The van der Waals surface area contributed by atoms with Crippen LogP contribution in [0, 0.1) is 0 Å². The molecule has 0 aromatic heterocycles. The molecule has 0 aliphatic rings.